The molecule has 96 valence electrons. The Hall–Kier alpha value is 0.380. The average molecular weight is 358 g/mol. The van der Waals surface area contributed by atoms with Crippen molar-refractivity contribution in [3.8, 4) is 0 Å². The maximum absolute atomic E-state index is 6.11. The van der Waals surface area contributed by atoms with E-state index in [1.54, 1.807) is 12.1 Å². The fourth-order valence-corrected chi connectivity index (χ4v) is 3.12. The van der Waals surface area contributed by atoms with Gasteiger partial charge in [0.2, 0.25) is 0 Å². The maximum atomic E-state index is 6.11. The lowest BCUT2D eigenvalue weighted by atomic mass is 10.3. The predicted molar refractivity (Wildman–Crippen MR) is 88.2 cm³/mol. The van der Waals surface area contributed by atoms with Gasteiger partial charge in [-0.1, -0.05) is 70.3 Å². The molecular formula is C12H9Cl4PS. The van der Waals surface area contributed by atoms with Crippen LogP contribution in [0.1, 0.15) is 0 Å². The van der Waals surface area contributed by atoms with E-state index in [4.69, 9.17) is 46.4 Å². The molecule has 0 saturated carbocycles. The van der Waals surface area contributed by atoms with Crippen molar-refractivity contribution in [2.45, 2.75) is 9.79 Å². The first-order chi connectivity index (χ1) is 8.09. The van der Waals surface area contributed by atoms with Gasteiger partial charge < -0.3 is 0 Å². The summed E-state index contributed by atoms with van der Waals surface area (Å²) in [5, 5.41) is 2.09. The molecule has 0 saturated heterocycles. The first kappa shape index (κ1) is 16.4. The van der Waals surface area contributed by atoms with E-state index < -0.39 is 0 Å². The van der Waals surface area contributed by atoms with Crippen molar-refractivity contribution in [1.82, 2.24) is 0 Å². The lowest BCUT2D eigenvalue weighted by Crippen LogP contribution is -1.79. The van der Waals surface area contributed by atoms with Gasteiger partial charge in [-0.2, -0.15) is 9.90 Å². The number of halogens is 4. The van der Waals surface area contributed by atoms with Crippen LogP contribution in [0, 0.1) is 0 Å². The van der Waals surface area contributed by atoms with Crippen molar-refractivity contribution >= 4 is 68.1 Å². The minimum Gasteiger partial charge on any atom is -0.153 e. The lowest BCUT2D eigenvalue weighted by molar-refractivity contribution is 1.41. The van der Waals surface area contributed by atoms with Gasteiger partial charge in [0, 0.05) is 9.79 Å². The molecule has 0 heterocycles. The molecule has 0 radical (unpaired) electrons. The van der Waals surface area contributed by atoms with Gasteiger partial charge in [0.1, 0.15) is 0 Å². The summed E-state index contributed by atoms with van der Waals surface area (Å²) in [5.41, 5.74) is 0. The second-order valence-electron chi connectivity index (χ2n) is 3.21. The van der Waals surface area contributed by atoms with Crippen molar-refractivity contribution in [3.63, 3.8) is 0 Å². The van der Waals surface area contributed by atoms with Gasteiger partial charge in [-0.25, -0.2) is 0 Å². The molecule has 0 nitrogen and oxygen atoms in total. The second kappa shape index (κ2) is 7.24. The topological polar surface area (TPSA) is 0 Å². The molecule has 0 spiro atoms. The van der Waals surface area contributed by atoms with E-state index in [0.717, 1.165) is 9.79 Å². The molecule has 1 unspecified atom stereocenters. The first-order valence-corrected chi connectivity index (χ1v) is 6.98. The molecule has 0 bridgehead atoms. The predicted octanol–water partition coefficient (Wildman–Crippen LogP) is 6.51. The molecular weight excluding hydrogens is 349 g/mol. The average Bonchev–Trinajstić information content (AvgIpc) is 2.31. The second-order valence-corrected chi connectivity index (χ2v) is 5.86. The first-order valence-electron chi connectivity index (χ1n) is 4.65. The number of benzene rings is 2. The van der Waals surface area contributed by atoms with E-state index in [1.807, 2.05) is 24.3 Å². The van der Waals surface area contributed by atoms with Crippen molar-refractivity contribution in [1.29, 1.82) is 0 Å². The summed E-state index contributed by atoms with van der Waals surface area (Å²) < 4.78 is 0. The highest BCUT2D eigenvalue weighted by molar-refractivity contribution is 7.99. The highest BCUT2D eigenvalue weighted by Gasteiger charge is 2.10. The van der Waals surface area contributed by atoms with Crippen LogP contribution in [0.15, 0.2) is 46.2 Å². The molecule has 2 rings (SSSR count). The van der Waals surface area contributed by atoms with Gasteiger partial charge >= 0.3 is 0 Å². The summed E-state index contributed by atoms with van der Waals surface area (Å²) in [5.74, 6) is 0. The smallest absolute Gasteiger partial charge is 0.0731 e. The number of hydrogen-bond acceptors (Lipinski definition) is 1. The Morgan fingerprint density at radius 2 is 1.06 bits per heavy atom. The Bertz CT molecular complexity index is 510. The molecule has 0 aliphatic rings. The summed E-state index contributed by atoms with van der Waals surface area (Å²) in [6.07, 6.45) is 0. The molecule has 0 aliphatic heterocycles. The molecule has 0 aliphatic carbocycles. The van der Waals surface area contributed by atoms with E-state index in [1.165, 1.54) is 11.8 Å². The van der Waals surface area contributed by atoms with Crippen molar-refractivity contribution in [2.24, 2.45) is 0 Å². The zero-order chi connectivity index (χ0) is 12.4. The van der Waals surface area contributed by atoms with Crippen LogP contribution in [-0.2, 0) is 0 Å². The SMILES string of the molecule is Clc1cccc(Sc2cccc(Cl)c2Cl)c1Cl.P. The zero-order valence-corrected chi connectivity index (χ0v) is 14.3. The van der Waals surface area contributed by atoms with Crippen LogP contribution in [0.3, 0.4) is 0 Å². The Kier molecular flexibility index (Phi) is 6.61. The Morgan fingerprint density at radius 1 is 0.667 bits per heavy atom. The van der Waals surface area contributed by atoms with Crippen LogP contribution < -0.4 is 0 Å². The third kappa shape index (κ3) is 3.70. The van der Waals surface area contributed by atoms with E-state index in [0.29, 0.717) is 20.1 Å². The number of hydrogen-bond donors (Lipinski definition) is 0. The van der Waals surface area contributed by atoms with Gasteiger partial charge in [0.05, 0.1) is 20.1 Å². The Labute approximate surface area is 134 Å². The zero-order valence-electron chi connectivity index (χ0n) is 9.09. The van der Waals surface area contributed by atoms with E-state index in [-0.39, 0.29) is 9.90 Å². The summed E-state index contributed by atoms with van der Waals surface area (Å²) in [6.45, 7) is 0. The van der Waals surface area contributed by atoms with Gasteiger partial charge in [-0.3, -0.25) is 0 Å². The summed E-state index contributed by atoms with van der Waals surface area (Å²) in [7, 11) is 0. The van der Waals surface area contributed by atoms with Crippen LogP contribution in [0.4, 0.5) is 0 Å². The highest BCUT2D eigenvalue weighted by atomic mass is 35.5. The van der Waals surface area contributed by atoms with E-state index >= 15 is 0 Å². The summed E-state index contributed by atoms with van der Waals surface area (Å²) in [6, 6.07) is 10.9. The monoisotopic (exact) mass is 356 g/mol. The van der Waals surface area contributed by atoms with E-state index in [9.17, 15) is 0 Å². The van der Waals surface area contributed by atoms with Crippen molar-refractivity contribution in [2.75, 3.05) is 0 Å². The third-order valence-electron chi connectivity index (χ3n) is 2.05. The largest absolute Gasteiger partial charge is 0.153 e. The normalized spacial score (nSPS) is 10.0. The van der Waals surface area contributed by atoms with Gasteiger partial charge in [0.15, 0.2) is 0 Å². The minimum atomic E-state index is 0. The molecule has 2 aromatic carbocycles. The fourth-order valence-electron chi connectivity index (χ4n) is 1.24. The number of rotatable bonds is 2. The van der Waals surface area contributed by atoms with Crippen LogP contribution in [0.2, 0.25) is 20.1 Å². The minimum absolute atomic E-state index is 0. The Balaban J connectivity index is 0.00000162. The maximum Gasteiger partial charge on any atom is 0.0731 e. The molecule has 18 heavy (non-hydrogen) atoms. The van der Waals surface area contributed by atoms with Crippen LogP contribution in [0.25, 0.3) is 0 Å². The quantitative estimate of drug-likeness (QED) is 0.552. The van der Waals surface area contributed by atoms with Gasteiger partial charge in [-0.05, 0) is 24.3 Å². The lowest BCUT2D eigenvalue weighted by Gasteiger charge is -2.07. The molecule has 0 aromatic heterocycles. The van der Waals surface area contributed by atoms with Crippen molar-refractivity contribution < 1.29 is 0 Å². The summed E-state index contributed by atoms with van der Waals surface area (Å²) in [4.78, 5) is 1.70. The standard InChI is InChI=1S/C12H6Cl4S.H3P/c13-7-3-1-5-9(11(7)15)17-10-6-2-4-8(14)12(10)16;/h1-6H;1H3. The van der Waals surface area contributed by atoms with Crippen LogP contribution in [0.5, 0.6) is 0 Å². The van der Waals surface area contributed by atoms with Crippen LogP contribution >= 0.6 is 68.1 Å². The molecule has 2 aromatic rings. The molecule has 0 fully saturated rings. The summed E-state index contributed by atoms with van der Waals surface area (Å²) >= 11 is 25.5. The fraction of sp³-hybridized carbons (Fsp3) is 0. The van der Waals surface area contributed by atoms with E-state index in [2.05, 4.69) is 0 Å². The highest BCUT2D eigenvalue weighted by Crippen LogP contribution is 2.41. The van der Waals surface area contributed by atoms with Gasteiger partial charge in [0.25, 0.3) is 0 Å². The Morgan fingerprint density at radius 3 is 1.44 bits per heavy atom. The molecule has 0 N–H and O–H groups in total. The molecule has 1 atom stereocenters. The third-order valence-corrected chi connectivity index (χ3v) is 5.03. The van der Waals surface area contributed by atoms with Crippen molar-refractivity contribution in [3.05, 3.63) is 56.5 Å². The van der Waals surface area contributed by atoms with Crippen LogP contribution in [-0.4, -0.2) is 0 Å². The molecule has 6 heteroatoms. The molecule has 0 amide bonds. The van der Waals surface area contributed by atoms with Gasteiger partial charge in [-0.15, -0.1) is 0 Å².